The second-order valence-corrected chi connectivity index (χ2v) is 5.87. The lowest BCUT2D eigenvalue weighted by atomic mass is 9.77. The van der Waals surface area contributed by atoms with Gasteiger partial charge in [-0.3, -0.25) is 4.99 Å². The molecule has 1 aliphatic rings. The predicted molar refractivity (Wildman–Crippen MR) is 97.8 cm³/mol. The monoisotopic (exact) mass is 349 g/mol. The van der Waals surface area contributed by atoms with Crippen molar-refractivity contribution in [2.45, 2.75) is 12.5 Å². The molecule has 0 atom stereocenters. The lowest BCUT2D eigenvalue weighted by Crippen LogP contribution is -2.32. The first-order valence-corrected chi connectivity index (χ1v) is 8.15. The van der Waals surface area contributed by atoms with E-state index >= 15 is 0 Å². The number of aliphatic imine (C=N–C) groups is 1. The van der Waals surface area contributed by atoms with E-state index in [0.29, 0.717) is 5.71 Å². The van der Waals surface area contributed by atoms with Crippen molar-refractivity contribution in [3.63, 3.8) is 0 Å². The van der Waals surface area contributed by atoms with Crippen LogP contribution < -0.4 is 0 Å². The summed E-state index contributed by atoms with van der Waals surface area (Å²) in [7, 11) is 2.57. The fraction of sp³-hybridized carbons (Fsp3) is 0.190. The molecule has 2 aromatic rings. The van der Waals surface area contributed by atoms with Crippen LogP contribution in [0.1, 0.15) is 18.1 Å². The van der Waals surface area contributed by atoms with E-state index in [2.05, 4.69) is 0 Å². The highest BCUT2D eigenvalue weighted by atomic mass is 16.5. The summed E-state index contributed by atoms with van der Waals surface area (Å²) in [6, 6.07) is 18.8. The van der Waals surface area contributed by atoms with Gasteiger partial charge in [-0.05, 0) is 18.1 Å². The van der Waals surface area contributed by atoms with Gasteiger partial charge in [-0.1, -0.05) is 60.7 Å². The summed E-state index contributed by atoms with van der Waals surface area (Å²) in [5, 5.41) is 0. The van der Waals surface area contributed by atoms with Crippen molar-refractivity contribution in [2.24, 2.45) is 4.99 Å². The van der Waals surface area contributed by atoms with Gasteiger partial charge in [0, 0.05) is 5.71 Å². The van der Waals surface area contributed by atoms with Crippen LogP contribution in [0, 0.1) is 0 Å². The summed E-state index contributed by atoms with van der Waals surface area (Å²) in [4.78, 5) is 30.0. The lowest BCUT2D eigenvalue weighted by Gasteiger charge is -2.30. The van der Waals surface area contributed by atoms with Gasteiger partial charge in [0.15, 0.2) is 0 Å². The summed E-state index contributed by atoms with van der Waals surface area (Å²) in [5.41, 5.74) is 1.12. The Hall–Kier alpha value is -3.21. The number of carbonyl (C=O) groups excluding carboxylic acids is 2. The van der Waals surface area contributed by atoms with Gasteiger partial charge in [-0.15, -0.1) is 0 Å². The minimum atomic E-state index is -1.16. The molecular weight excluding hydrogens is 330 g/mol. The Morgan fingerprint density at radius 3 is 1.69 bits per heavy atom. The van der Waals surface area contributed by atoms with E-state index in [1.165, 1.54) is 14.2 Å². The van der Waals surface area contributed by atoms with Crippen molar-refractivity contribution in [1.82, 2.24) is 0 Å². The van der Waals surface area contributed by atoms with Gasteiger partial charge in [0.2, 0.25) is 0 Å². The van der Waals surface area contributed by atoms with Gasteiger partial charge in [0.05, 0.1) is 25.4 Å². The van der Waals surface area contributed by atoms with E-state index in [0.717, 1.165) is 11.1 Å². The summed E-state index contributed by atoms with van der Waals surface area (Å²) < 4.78 is 9.94. The summed E-state index contributed by atoms with van der Waals surface area (Å²) in [6.07, 6.45) is 0. The number of hydrogen-bond donors (Lipinski definition) is 0. The molecule has 0 spiro atoms. The number of benzene rings is 2. The maximum absolute atomic E-state index is 12.8. The van der Waals surface area contributed by atoms with Crippen LogP contribution in [-0.4, -0.2) is 31.9 Å². The molecule has 0 unspecified atom stereocenters. The molecule has 0 N–H and O–H groups in total. The van der Waals surface area contributed by atoms with E-state index in [4.69, 9.17) is 14.5 Å². The number of ether oxygens (including phenoxy) is 2. The smallest absolute Gasteiger partial charge is 0.340 e. The van der Waals surface area contributed by atoms with Crippen LogP contribution in [0.3, 0.4) is 0 Å². The third-order valence-corrected chi connectivity index (χ3v) is 4.47. The molecule has 5 nitrogen and oxygen atoms in total. The van der Waals surface area contributed by atoms with Gasteiger partial charge >= 0.3 is 11.9 Å². The molecule has 0 amide bonds. The Kier molecular flexibility index (Phi) is 4.71. The standard InChI is InChI=1S/C21H19NO4/c1-14-17(19(23)25-2)18(20(24)26-3)21(22-14,15-10-6-4-7-11-15)16-12-8-5-9-13-16/h4-13H,1-3H3. The molecule has 2 aromatic carbocycles. The molecule has 0 saturated carbocycles. The molecule has 26 heavy (non-hydrogen) atoms. The summed E-state index contributed by atoms with van der Waals surface area (Å²) >= 11 is 0. The first-order valence-electron chi connectivity index (χ1n) is 8.15. The molecule has 0 saturated heterocycles. The highest BCUT2D eigenvalue weighted by molar-refractivity contribution is 6.26. The van der Waals surface area contributed by atoms with Crippen molar-refractivity contribution in [3.8, 4) is 0 Å². The van der Waals surface area contributed by atoms with Crippen LogP contribution in [-0.2, 0) is 24.6 Å². The Labute approximate surface area is 152 Å². The van der Waals surface area contributed by atoms with Crippen molar-refractivity contribution in [2.75, 3.05) is 14.2 Å². The molecule has 0 radical (unpaired) electrons. The SMILES string of the molecule is COC(=O)C1=C(C(=O)OC)C(c2ccccc2)(c2ccccc2)N=C1C. The van der Waals surface area contributed by atoms with Crippen molar-refractivity contribution >= 4 is 17.7 Å². The van der Waals surface area contributed by atoms with E-state index in [1.54, 1.807) is 6.92 Å². The Morgan fingerprint density at radius 2 is 1.27 bits per heavy atom. The van der Waals surface area contributed by atoms with Gasteiger partial charge in [-0.2, -0.15) is 0 Å². The highest BCUT2D eigenvalue weighted by Gasteiger charge is 2.50. The van der Waals surface area contributed by atoms with Gasteiger partial charge in [0.1, 0.15) is 5.54 Å². The fourth-order valence-corrected chi connectivity index (χ4v) is 3.37. The third kappa shape index (κ3) is 2.62. The maximum atomic E-state index is 12.8. The average molecular weight is 349 g/mol. The maximum Gasteiger partial charge on any atom is 0.340 e. The molecule has 0 bridgehead atoms. The molecule has 3 rings (SSSR count). The van der Waals surface area contributed by atoms with Crippen molar-refractivity contribution in [3.05, 3.63) is 82.9 Å². The number of carbonyl (C=O) groups is 2. The van der Waals surface area contributed by atoms with Crippen molar-refractivity contribution < 1.29 is 19.1 Å². The van der Waals surface area contributed by atoms with Crippen molar-refractivity contribution in [1.29, 1.82) is 0 Å². The van der Waals surface area contributed by atoms with E-state index in [9.17, 15) is 9.59 Å². The number of nitrogens with zero attached hydrogens (tertiary/aromatic N) is 1. The fourth-order valence-electron chi connectivity index (χ4n) is 3.37. The third-order valence-electron chi connectivity index (χ3n) is 4.47. The average Bonchev–Trinajstić information content (AvgIpc) is 3.02. The van der Waals surface area contributed by atoms with Crippen LogP contribution in [0.2, 0.25) is 0 Å². The molecule has 1 aliphatic heterocycles. The quantitative estimate of drug-likeness (QED) is 0.796. The molecule has 0 aromatic heterocycles. The normalized spacial score (nSPS) is 15.4. The first-order chi connectivity index (χ1) is 12.6. The zero-order valence-electron chi connectivity index (χ0n) is 14.9. The summed E-state index contributed by atoms with van der Waals surface area (Å²) in [5.74, 6) is -1.22. The second-order valence-electron chi connectivity index (χ2n) is 5.87. The second kappa shape index (κ2) is 6.96. The molecular formula is C21H19NO4. The van der Waals surface area contributed by atoms with E-state index in [1.807, 2.05) is 60.7 Å². The molecule has 132 valence electrons. The highest BCUT2D eigenvalue weighted by Crippen LogP contribution is 2.46. The van der Waals surface area contributed by atoms with Crippen LogP contribution >= 0.6 is 0 Å². The van der Waals surface area contributed by atoms with Gasteiger partial charge in [-0.25, -0.2) is 9.59 Å². The van der Waals surface area contributed by atoms with Crippen LogP contribution in [0.25, 0.3) is 0 Å². The Balaban J connectivity index is 2.42. The minimum absolute atomic E-state index is 0.145. The van der Waals surface area contributed by atoms with Crippen LogP contribution in [0.4, 0.5) is 0 Å². The molecule has 0 fully saturated rings. The van der Waals surface area contributed by atoms with E-state index in [-0.39, 0.29) is 11.1 Å². The van der Waals surface area contributed by atoms with Gasteiger partial charge < -0.3 is 9.47 Å². The predicted octanol–water partition coefficient (Wildman–Crippen LogP) is 3.05. The number of rotatable bonds is 4. The molecule has 0 aliphatic carbocycles. The zero-order valence-corrected chi connectivity index (χ0v) is 14.9. The zero-order chi connectivity index (χ0) is 18.7. The number of hydrogen-bond acceptors (Lipinski definition) is 5. The number of methoxy groups -OCH3 is 2. The molecule has 1 heterocycles. The Bertz CT molecular complexity index is 859. The number of esters is 2. The summed E-state index contributed by atoms with van der Waals surface area (Å²) in [6.45, 7) is 1.70. The largest absolute Gasteiger partial charge is 0.466 e. The van der Waals surface area contributed by atoms with Crippen LogP contribution in [0.5, 0.6) is 0 Å². The van der Waals surface area contributed by atoms with E-state index < -0.39 is 17.5 Å². The Morgan fingerprint density at radius 1 is 0.808 bits per heavy atom. The molecule has 5 heteroatoms. The van der Waals surface area contributed by atoms with Crippen LogP contribution in [0.15, 0.2) is 76.8 Å². The van der Waals surface area contributed by atoms with Gasteiger partial charge in [0.25, 0.3) is 0 Å². The minimum Gasteiger partial charge on any atom is -0.466 e. The topological polar surface area (TPSA) is 65.0 Å². The lowest BCUT2D eigenvalue weighted by molar-refractivity contribution is -0.139. The first kappa shape index (κ1) is 17.6.